The normalized spacial score (nSPS) is 19.3. The zero-order valence-corrected chi connectivity index (χ0v) is 16.0. The molecule has 0 saturated carbocycles. The SMILES string of the molecule is CC(C)CSc1ccc(Cl)cc1C1(F)C(=O)Nc2cc(C(F)(F)F)ccc21. The molecule has 1 amide bonds. The van der Waals surface area contributed by atoms with E-state index in [1.807, 2.05) is 13.8 Å². The molecule has 0 bridgehead atoms. The molecular formula is C19H16ClF4NOS. The van der Waals surface area contributed by atoms with Gasteiger partial charge >= 0.3 is 6.18 Å². The van der Waals surface area contributed by atoms with E-state index in [-0.39, 0.29) is 21.8 Å². The third kappa shape index (κ3) is 3.67. The van der Waals surface area contributed by atoms with Gasteiger partial charge in [-0.2, -0.15) is 13.2 Å². The van der Waals surface area contributed by atoms with Crippen molar-refractivity contribution in [2.45, 2.75) is 30.6 Å². The van der Waals surface area contributed by atoms with Crippen LogP contribution in [0.2, 0.25) is 5.02 Å². The highest BCUT2D eigenvalue weighted by Gasteiger charge is 2.51. The van der Waals surface area contributed by atoms with E-state index in [9.17, 15) is 18.0 Å². The Morgan fingerprint density at radius 1 is 1.15 bits per heavy atom. The van der Waals surface area contributed by atoms with Gasteiger partial charge in [0.25, 0.3) is 5.91 Å². The van der Waals surface area contributed by atoms with Gasteiger partial charge in [0, 0.05) is 32.5 Å². The van der Waals surface area contributed by atoms with Crippen LogP contribution in [0, 0.1) is 5.92 Å². The molecule has 0 aromatic heterocycles. The summed E-state index contributed by atoms with van der Waals surface area (Å²) in [5.74, 6) is -0.00902. The number of carbonyl (C=O) groups excluding carboxylic acids is 1. The Hall–Kier alpha value is -1.73. The molecule has 0 saturated heterocycles. The maximum Gasteiger partial charge on any atom is 0.416 e. The van der Waals surface area contributed by atoms with E-state index in [0.717, 1.165) is 18.2 Å². The van der Waals surface area contributed by atoms with Gasteiger partial charge in [-0.15, -0.1) is 11.8 Å². The van der Waals surface area contributed by atoms with Crippen LogP contribution in [0.4, 0.5) is 23.2 Å². The highest BCUT2D eigenvalue weighted by Crippen LogP contribution is 2.49. The van der Waals surface area contributed by atoms with Crippen molar-refractivity contribution in [3.8, 4) is 0 Å². The zero-order valence-electron chi connectivity index (χ0n) is 14.5. The largest absolute Gasteiger partial charge is 0.416 e. The fraction of sp³-hybridized carbons (Fsp3) is 0.316. The van der Waals surface area contributed by atoms with Crippen LogP contribution in [0.1, 0.15) is 30.5 Å². The molecule has 3 rings (SSSR count). The molecule has 0 aliphatic carbocycles. The molecule has 1 heterocycles. The number of hydrogen-bond donors (Lipinski definition) is 1. The minimum Gasteiger partial charge on any atom is -0.322 e. The van der Waals surface area contributed by atoms with Gasteiger partial charge in [-0.25, -0.2) is 4.39 Å². The van der Waals surface area contributed by atoms with Crippen molar-refractivity contribution < 1.29 is 22.4 Å². The van der Waals surface area contributed by atoms with Crippen LogP contribution in [-0.2, 0) is 16.6 Å². The van der Waals surface area contributed by atoms with Gasteiger partial charge in [0.2, 0.25) is 5.67 Å². The number of rotatable bonds is 4. The van der Waals surface area contributed by atoms with Crippen molar-refractivity contribution in [3.05, 3.63) is 58.1 Å². The van der Waals surface area contributed by atoms with Crippen molar-refractivity contribution in [2.75, 3.05) is 11.1 Å². The minimum atomic E-state index is -4.59. The predicted molar refractivity (Wildman–Crippen MR) is 99.0 cm³/mol. The van der Waals surface area contributed by atoms with Crippen LogP contribution in [-0.4, -0.2) is 11.7 Å². The lowest BCUT2D eigenvalue weighted by atomic mass is 9.88. The molecular weight excluding hydrogens is 402 g/mol. The summed E-state index contributed by atoms with van der Waals surface area (Å²) in [6.07, 6.45) is -4.59. The summed E-state index contributed by atoms with van der Waals surface area (Å²) in [6.45, 7) is 4.01. The lowest BCUT2D eigenvalue weighted by Gasteiger charge is -2.22. The molecule has 0 radical (unpaired) electrons. The molecule has 0 fully saturated rings. The quantitative estimate of drug-likeness (QED) is 0.469. The molecule has 1 unspecified atom stereocenters. The van der Waals surface area contributed by atoms with Gasteiger partial charge in [0.1, 0.15) is 0 Å². The molecule has 27 heavy (non-hydrogen) atoms. The van der Waals surface area contributed by atoms with Crippen molar-refractivity contribution in [1.82, 2.24) is 0 Å². The second-order valence-corrected chi connectivity index (χ2v) is 8.21. The maximum absolute atomic E-state index is 16.1. The van der Waals surface area contributed by atoms with E-state index in [1.165, 1.54) is 17.8 Å². The first-order valence-corrected chi connectivity index (χ1v) is 9.54. The molecule has 144 valence electrons. The summed E-state index contributed by atoms with van der Waals surface area (Å²) >= 11 is 7.40. The van der Waals surface area contributed by atoms with E-state index >= 15 is 4.39 Å². The Kier molecular flexibility index (Phi) is 5.20. The monoisotopic (exact) mass is 417 g/mol. The van der Waals surface area contributed by atoms with Crippen LogP contribution in [0.3, 0.4) is 0 Å². The molecule has 2 aromatic rings. The summed E-state index contributed by atoms with van der Waals surface area (Å²) in [5.41, 5.74) is -3.85. The van der Waals surface area contributed by atoms with Gasteiger partial charge in [-0.3, -0.25) is 4.79 Å². The minimum absolute atomic E-state index is 0.0386. The van der Waals surface area contributed by atoms with E-state index in [4.69, 9.17) is 11.6 Å². The number of benzene rings is 2. The molecule has 2 nitrogen and oxygen atoms in total. The molecule has 8 heteroatoms. The van der Waals surface area contributed by atoms with Crippen LogP contribution < -0.4 is 5.32 Å². The van der Waals surface area contributed by atoms with Crippen LogP contribution >= 0.6 is 23.4 Å². The maximum atomic E-state index is 16.1. The summed E-state index contributed by atoms with van der Waals surface area (Å²) in [7, 11) is 0. The molecule has 1 atom stereocenters. The van der Waals surface area contributed by atoms with Gasteiger partial charge in [-0.05, 0) is 36.2 Å². The first-order valence-electron chi connectivity index (χ1n) is 8.18. The number of nitrogens with one attached hydrogen (secondary N) is 1. The summed E-state index contributed by atoms with van der Waals surface area (Å²) in [4.78, 5) is 13.0. The molecule has 0 spiro atoms. The number of amides is 1. The lowest BCUT2D eigenvalue weighted by molar-refractivity contribution is -0.137. The Balaban J connectivity index is 2.13. The number of carbonyl (C=O) groups is 1. The first-order chi connectivity index (χ1) is 12.5. The van der Waals surface area contributed by atoms with Crippen molar-refractivity contribution in [2.24, 2.45) is 5.92 Å². The third-order valence-corrected chi connectivity index (χ3v) is 5.90. The summed E-state index contributed by atoms with van der Waals surface area (Å²) in [5, 5.41) is 2.48. The van der Waals surface area contributed by atoms with Gasteiger partial charge < -0.3 is 5.32 Å². The lowest BCUT2D eigenvalue weighted by Crippen LogP contribution is -2.31. The van der Waals surface area contributed by atoms with Gasteiger partial charge in [0.05, 0.1) is 5.56 Å². The molecule has 1 aliphatic rings. The van der Waals surface area contributed by atoms with E-state index in [1.54, 1.807) is 12.1 Å². The van der Waals surface area contributed by atoms with Gasteiger partial charge in [0.15, 0.2) is 0 Å². The van der Waals surface area contributed by atoms with Crippen LogP contribution in [0.25, 0.3) is 0 Å². The second kappa shape index (κ2) is 7.02. The number of hydrogen-bond acceptors (Lipinski definition) is 2. The molecule has 1 N–H and O–H groups in total. The number of fused-ring (bicyclic) bond motifs is 1. The number of anilines is 1. The van der Waals surface area contributed by atoms with Crippen molar-refractivity contribution in [3.63, 3.8) is 0 Å². The number of alkyl halides is 4. The molecule has 1 aliphatic heterocycles. The average molecular weight is 418 g/mol. The fourth-order valence-electron chi connectivity index (χ4n) is 2.88. The predicted octanol–water partition coefficient (Wildman–Crippen LogP) is 6.27. The van der Waals surface area contributed by atoms with Crippen molar-refractivity contribution >= 4 is 35.0 Å². The van der Waals surface area contributed by atoms with Crippen LogP contribution in [0.5, 0.6) is 0 Å². The fourth-order valence-corrected chi connectivity index (χ4v) is 4.08. The third-order valence-electron chi connectivity index (χ3n) is 4.16. The smallest absolute Gasteiger partial charge is 0.322 e. The van der Waals surface area contributed by atoms with E-state index in [0.29, 0.717) is 16.6 Å². The Labute approximate surface area is 163 Å². The highest BCUT2D eigenvalue weighted by molar-refractivity contribution is 7.99. The van der Waals surface area contributed by atoms with Crippen molar-refractivity contribution in [1.29, 1.82) is 0 Å². The Bertz CT molecular complexity index is 900. The summed E-state index contributed by atoms with van der Waals surface area (Å²) in [6, 6.07) is 7.11. The van der Waals surface area contributed by atoms with Gasteiger partial charge in [-0.1, -0.05) is 31.5 Å². The summed E-state index contributed by atoms with van der Waals surface area (Å²) < 4.78 is 54.9. The number of halogens is 5. The highest BCUT2D eigenvalue weighted by atomic mass is 35.5. The Morgan fingerprint density at radius 2 is 1.85 bits per heavy atom. The zero-order chi connectivity index (χ0) is 20.0. The molecule has 2 aromatic carbocycles. The first kappa shape index (κ1) is 20.0. The average Bonchev–Trinajstić information content (AvgIpc) is 2.84. The topological polar surface area (TPSA) is 29.1 Å². The second-order valence-electron chi connectivity index (χ2n) is 6.72. The Morgan fingerprint density at radius 3 is 2.48 bits per heavy atom. The number of thioether (sulfide) groups is 1. The van der Waals surface area contributed by atoms with E-state index in [2.05, 4.69) is 5.32 Å². The van der Waals surface area contributed by atoms with Crippen LogP contribution in [0.15, 0.2) is 41.3 Å². The van der Waals surface area contributed by atoms with E-state index < -0.39 is 23.3 Å². The standard InChI is InChI=1S/C19H16ClF4NOS/c1-10(2)9-27-16-6-4-12(20)8-14(16)18(21)13-5-3-11(19(22,23)24)7-15(13)25-17(18)26/h3-8,10H,9H2,1-2H3,(H,25,26).